The van der Waals surface area contributed by atoms with Crippen LogP contribution in [0.3, 0.4) is 0 Å². The van der Waals surface area contributed by atoms with E-state index in [0.29, 0.717) is 11.8 Å². The summed E-state index contributed by atoms with van der Waals surface area (Å²) < 4.78 is 0. The van der Waals surface area contributed by atoms with Gasteiger partial charge in [0.05, 0.1) is 0 Å². The van der Waals surface area contributed by atoms with Crippen LogP contribution in [0.1, 0.15) is 12.8 Å². The van der Waals surface area contributed by atoms with E-state index in [9.17, 15) is 4.79 Å². The van der Waals surface area contributed by atoms with Gasteiger partial charge in [-0.3, -0.25) is 4.79 Å². The molecule has 1 atom stereocenters. The number of carbonyl (C=O) groups is 1. The van der Waals surface area contributed by atoms with Gasteiger partial charge in [0, 0.05) is 52.7 Å². The molecule has 0 bridgehead atoms. The number of likely N-dealkylation sites (tertiary alicyclic amines) is 1. The monoisotopic (exact) mass is 211 g/mol. The number of rotatable bonds is 2. The second kappa shape index (κ2) is 4.94. The lowest BCUT2D eigenvalue weighted by molar-refractivity contribution is -0.133. The first-order valence-corrected chi connectivity index (χ1v) is 5.93. The van der Waals surface area contributed by atoms with Crippen molar-refractivity contribution >= 4 is 5.91 Å². The van der Waals surface area contributed by atoms with E-state index in [-0.39, 0.29) is 0 Å². The Balaban J connectivity index is 1.76. The van der Waals surface area contributed by atoms with E-state index in [1.54, 1.807) is 0 Å². The lowest BCUT2D eigenvalue weighted by atomic mass is 9.97. The van der Waals surface area contributed by atoms with Gasteiger partial charge < -0.3 is 15.1 Å². The highest BCUT2D eigenvalue weighted by molar-refractivity contribution is 5.76. The second-order valence-electron chi connectivity index (χ2n) is 4.73. The minimum Gasteiger partial charge on any atom is -0.345 e. The summed E-state index contributed by atoms with van der Waals surface area (Å²) in [5.74, 6) is 0.998. The summed E-state index contributed by atoms with van der Waals surface area (Å²) in [6.07, 6.45) is 1.82. The molecule has 2 heterocycles. The van der Waals surface area contributed by atoms with Gasteiger partial charge in [0.2, 0.25) is 5.91 Å². The Hall–Kier alpha value is -0.610. The van der Waals surface area contributed by atoms with Crippen LogP contribution in [0, 0.1) is 5.92 Å². The zero-order chi connectivity index (χ0) is 10.7. The normalized spacial score (nSPS) is 29.5. The minimum atomic E-state index is 0.312. The van der Waals surface area contributed by atoms with E-state index in [2.05, 4.69) is 10.2 Å². The van der Waals surface area contributed by atoms with E-state index in [1.807, 2.05) is 11.9 Å². The van der Waals surface area contributed by atoms with Crippen molar-refractivity contribution in [2.75, 3.05) is 46.3 Å². The van der Waals surface area contributed by atoms with Crippen LogP contribution in [0.15, 0.2) is 0 Å². The molecule has 86 valence electrons. The number of piperazine rings is 1. The summed E-state index contributed by atoms with van der Waals surface area (Å²) in [6, 6.07) is 0. The number of nitrogens with one attached hydrogen (secondary N) is 1. The molecule has 0 radical (unpaired) electrons. The van der Waals surface area contributed by atoms with E-state index in [1.165, 1.54) is 6.54 Å². The molecular weight excluding hydrogens is 190 g/mol. The Labute approximate surface area is 91.6 Å². The molecule has 1 N–H and O–H groups in total. The van der Waals surface area contributed by atoms with Gasteiger partial charge in [-0.2, -0.15) is 0 Å². The molecule has 0 spiro atoms. The van der Waals surface area contributed by atoms with Crippen molar-refractivity contribution in [1.82, 2.24) is 15.1 Å². The van der Waals surface area contributed by atoms with Gasteiger partial charge in [0.25, 0.3) is 0 Å². The Morgan fingerprint density at radius 2 is 2.13 bits per heavy atom. The van der Waals surface area contributed by atoms with Crippen LogP contribution >= 0.6 is 0 Å². The summed E-state index contributed by atoms with van der Waals surface area (Å²) >= 11 is 0. The van der Waals surface area contributed by atoms with Crippen LogP contribution in [0.2, 0.25) is 0 Å². The third kappa shape index (κ3) is 2.92. The number of amides is 1. The molecule has 0 aromatic carbocycles. The Kier molecular flexibility index (Phi) is 3.59. The Morgan fingerprint density at radius 1 is 1.40 bits per heavy atom. The molecule has 2 fully saturated rings. The highest BCUT2D eigenvalue weighted by atomic mass is 16.2. The number of hydrogen-bond donors (Lipinski definition) is 1. The summed E-state index contributed by atoms with van der Waals surface area (Å²) in [5, 5.41) is 3.36. The van der Waals surface area contributed by atoms with Crippen LogP contribution in [0.5, 0.6) is 0 Å². The van der Waals surface area contributed by atoms with Gasteiger partial charge in [-0.1, -0.05) is 0 Å². The third-order valence-corrected chi connectivity index (χ3v) is 3.45. The molecule has 4 nitrogen and oxygen atoms in total. The fourth-order valence-corrected chi connectivity index (χ4v) is 2.51. The molecule has 0 saturated carbocycles. The number of piperidine rings is 1. The van der Waals surface area contributed by atoms with Crippen molar-refractivity contribution in [3.05, 3.63) is 0 Å². The largest absolute Gasteiger partial charge is 0.345 e. The maximum atomic E-state index is 11.3. The molecule has 1 unspecified atom stereocenters. The number of hydrogen-bond acceptors (Lipinski definition) is 3. The molecule has 2 rings (SSSR count). The van der Waals surface area contributed by atoms with Crippen molar-refractivity contribution in [2.45, 2.75) is 12.8 Å². The lowest BCUT2D eigenvalue weighted by Gasteiger charge is -2.35. The van der Waals surface area contributed by atoms with Crippen molar-refractivity contribution in [1.29, 1.82) is 0 Å². The second-order valence-corrected chi connectivity index (χ2v) is 4.73. The zero-order valence-corrected chi connectivity index (χ0v) is 9.54. The van der Waals surface area contributed by atoms with Gasteiger partial charge in [-0.25, -0.2) is 0 Å². The molecule has 15 heavy (non-hydrogen) atoms. The van der Waals surface area contributed by atoms with Gasteiger partial charge in [0.15, 0.2) is 0 Å². The van der Waals surface area contributed by atoms with Gasteiger partial charge >= 0.3 is 0 Å². The highest BCUT2D eigenvalue weighted by Gasteiger charge is 2.24. The molecule has 2 saturated heterocycles. The fraction of sp³-hybridized carbons (Fsp3) is 0.909. The Bertz CT molecular complexity index is 226. The van der Waals surface area contributed by atoms with E-state index < -0.39 is 0 Å². The van der Waals surface area contributed by atoms with Gasteiger partial charge in [0.1, 0.15) is 0 Å². The molecule has 2 aliphatic heterocycles. The molecule has 2 aliphatic rings. The molecule has 0 aliphatic carbocycles. The summed E-state index contributed by atoms with van der Waals surface area (Å²) in [5.41, 5.74) is 0. The zero-order valence-electron chi connectivity index (χ0n) is 9.54. The molecule has 0 aromatic rings. The van der Waals surface area contributed by atoms with Crippen LogP contribution in [-0.2, 0) is 4.79 Å². The number of nitrogens with zero attached hydrogens (tertiary/aromatic N) is 2. The standard InChI is InChI=1S/C11H21N3O/c1-13-8-10(2-3-11(13)15)9-14-6-4-12-5-7-14/h10,12H,2-9H2,1H3. The van der Waals surface area contributed by atoms with E-state index >= 15 is 0 Å². The van der Waals surface area contributed by atoms with Crippen molar-refractivity contribution in [3.8, 4) is 0 Å². The minimum absolute atomic E-state index is 0.312. The predicted octanol–water partition coefficient (Wildman–Crippen LogP) is -0.240. The Morgan fingerprint density at radius 3 is 2.80 bits per heavy atom. The highest BCUT2D eigenvalue weighted by Crippen LogP contribution is 2.17. The first-order valence-electron chi connectivity index (χ1n) is 5.93. The lowest BCUT2D eigenvalue weighted by Crippen LogP contribution is -2.48. The van der Waals surface area contributed by atoms with Crippen molar-refractivity contribution < 1.29 is 4.79 Å². The van der Waals surface area contributed by atoms with Crippen LogP contribution < -0.4 is 5.32 Å². The smallest absolute Gasteiger partial charge is 0.222 e. The van der Waals surface area contributed by atoms with Crippen LogP contribution in [0.25, 0.3) is 0 Å². The van der Waals surface area contributed by atoms with E-state index in [0.717, 1.165) is 45.6 Å². The van der Waals surface area contributed by atoms with Crippen molar-refractivity contribution in [3.63, 3.8) is 0 Å². The summed E-state index contributed by atoms with van der Waals surface area (Å²) in [7, 11) is 1.92. The van der Waals surface area contributed by atoms with Gasteiger partial charge in [-0.05, 0) is 12.3 Å². The molecule has 1 amide bonds. The fourth-order valence-electron chi connectivity index (χ4n) is 2.51. The summed E-state index contributed by atoms with van der Waals surface area (Å²) in [4.78, 5) is 15.7. The predicted molar refractivity (Wildman–Crippen MR) is 59.7 cm³/mol. The van der Waals surface area contributed by atoms with Gasteiger partial charge in [-0.15, -0.1) is 0 Å². The third-order valence-electron chi connectivity index (χ3n) is 3.45. The molecule has 4 heteroatoms. The molecular formula is C11H21N3O. The maximum Gasteiger partial charge on any atom is 0.222 e. The van der Waals surface area contributed by atoms with Crippen LogP contribution in [0.4, 0.5) is 0 Å². The number of carbonyl (C=O) groups excluding carboxylic acids is 1. The first-order chi connectivity index (χ1) is 7.25. The average molecular weight is 211 g/mol. The topological polar surface area (TPSA) is 35.6 Å². The first kappa shape index (κ1) is 10.9. The van der Waals surface area contributed by atoms with Crippen LogP contribution in [-0.4, -0.2) is 62.0 Å². The van der Waals surface area contributed by atoms with E-state index in [4.69, 9.17) is 0 Å². The quantitative estimate of drug-likeness (QED) is 0.685. The summed E-state index contributed by atoms with van der Waals surface area (Å²) in [6.45, 7) is 6.66. The maximum absolute atomic E-state index is 11.3. The molecule has 0 aromatic heterocycles. The average Bonchev–Trinajstić information content (AvgIpc) is 2.25. The van der Waals surface area contributed by atoms with Crippen molar-refractivity contribution in [2.24, 2.45) is 5.92 Å². The SMILES string of the molecule is CN1CC(CN2CCNCC2)CCC1=O.